The molecule has 3 rings (SSSR count). The van der Waals surface area contributed by atoms with Crippen LogP contribution in [0.2, 0.25) is 0 Å². The van der Waals surface area contributed by atoms with E-state index in [1.807, 2.05) is 18.3 Å². The second kappa shape index (κ2) is 3.01. The standard InChI is InChI=1S/C11H12N2O/c1-2-8(1)7-14-10-5-9-3-4-12-11(9)13-6-10/h3-6,8H,1-2,7H2,(H,12,13). The van der Waals surface area contributed by atoms with E-state index in [1.165, 1.54) is 12.8 Å². The molecule has 2 aromatic rings. The van der Waals surface area contributed by atoms with Crippen molar-refractivity contribution in [1.29, 1.82) is 0 Å². The van der Waals surface area contributed by atoms with Crippen LogP contribution in [0.3, 0.4) is 0 Å². The van der Waals surface area contributed by atoms with Gasteiger partial charge in [-0.2, -0.15) is 0 Å². The first-order valence-corrected chi connectivity index (χ1v) is 4.98. The van der Waals surface area contributed by atoms with Crippen LogP contribution in [0.5, 0.6) is 5.75 Å². The molecule has 2 heterocycles. The molecule has 0 aromatic carbocycles. The summed E-state index contributed by atoms with van der Waals surface area (Å²) in [7, 11) is 0. The van der Waals surface area contributed by atoms with Crippen molar-refractivity contribution >= 4 is 11.0 Å². The Kier molecular flexibility index (Phi) is 1.69. The van der Waals surface area contributed by atoms with Gasteiger partial charge in [0.25, 0.3) is 0 Å². The van der Waals surface area contributed by atoms with Gasteiger partial charge in [-0.25, -0.2) is 4.98 Å². The van der Waals surface area contributed by atoms with Crippen molar-refractivity contribution < 1.29 is 4.74 Å². The van der Waals surface area contributed by atoms with Crippen molar-refractivity contribution in [2.45, 2.75) is 12.8 Å². The predicted octanol–water partition coefficient (Wildman–Crippen LogP) is 2.35. The summed E-state index contributed by atoms with van der Waals surface area (Å²) in [6, 6.07) is 4.04. The van der Waals surface area contributed by atoms with E-state index in [2.05, 4.69) is 9.97 Å². The van der Waals surface area contributed by atoms with Crippen molar-refractivity contribution in [3.8, 4) is 5.75 Å². The molecule has 0 aliphatic heterocycles. The van der Waals surface area contributed by atoms with E-state index in [-0.39, 0.29) is 0 Å². The number of fused-ring (bicyclic) bond motifs is 1. The predicted molar refractivity (Wildman–Crippen MR) is 54.3 cm³/mol. The van der Waals surface area contributed by atoms with Crippen molar-refractivity contribution in [3.63, 3.8) is 0 Å². The number of aromatic nitrogens is 2. The molecule has 1 saturated carbocycles. The van der Waals surface area contributed by atoms with Gasteiger partial charge in [0.05, 0.1) is 12.8 Å². The maximum Gasteiger partial charge on any atom is 0.138 e. The number of hydrogen-bond donors (Lipinski definition) is 1. The topological polar surface area (TPSA) is 37.9 Å². The van der Waals surface area contributed by atoms with Crippen LogP contribution in [0, 0.1) is 5.92 Å². The molecule has 3 nitrogen and oxygen atoms in total. The lowest BCUT2D eigenvalue weighted by Crippen LogP contribution is -1.98. The number of pyridine rings is 1. The summed E-state index contributed by atoms with van der Waals surface area (Å²) < 4.78 is 5.63. The Balaban J connectivity index is 1.81. The summed E-state index contributed by atoms with van der Waals surface area (Å²) in [5, 5.41) is 1.11. The van der Waals surface area contributed by atoms with Crippen LogP contribution in [0.15, 0.2) is 24.5 Å². The average molecular weight is 188 g/mol. The highest BCUT2D eigenvalue weighted by atomic mass is 16.5. The Hall–Kier alpha value is -1.51. The summed E-state index contributed by atoms with van der Waals surface area (Å²) in [5.74, 6) is 1.67. The van der Waals surface area contributed by atoms with E-state index >= 15 is 0 Å². The fraction of sp³-hybridized carbons (Fsp3) is 0.364. The number of H-pyrrole nitrogens is 1. The maximum absolute atomic E-state index is 5.63. The minimum atomic E-state index is 0.789. The molecule has 1 aliphatic carbocycles. The van der Waals surface area contributed by atoms with Gasteiger partial charge in [0.1, 0.15) is 11.4 Å². The lowest BCUT2D eigenvalue weighted by atomic mass is 10.3. The first-order valence-electron chi connectivity index (χ1n) is 4.98. The Morgan fingerprint density at radius 3 is 3.29 bits per heavy atom. The van der Waals surface area contributed by atoms with Gasteiger partial charge in [-0.1, -0.05) is 0 Å². The van der Waals surface area contributed by atoms with Crippen molar-refractivity contribution in [1.82, 2.24) is 9.97 Å². The van der Waals surface area contributed by atoms with Gasteiger partial charge < -0.3 is 9.72 Å². The van der Waals surface area contributed by atoms with E-state index in [0.29, 0.717) is 0 Å². The Morgan fingerprint density at radius 1 is 1.50 bits per heavy atom. The zero-order chi connectivity index (χ0) is 9.38. The second-order valence-corrected chi connectivity index (χ2v) is 3.84. The SMILES string of the molecule is c1cc2cc(OCC3CC3)cnc2[nH]1. The number of hydrogen-bond acceptors (Lipinski definition) is 2. The molecule has 1 aliphatic rings. The highest BCUT2D eigenvalue weighted by Gasteiger charge is 2.21. The molecule has 14 heavy (non-hydrogen) atoms. The molecule has 3 heteroatoms. The Bertz CT molecular complexity index is 445. The highest BCUT2D eigenvalue weighted by Crippen LogP contribution is 2.29. The molecule has 0 amide bonds. The summed E-state index contributed by atoms with van der Waals surface area (Å²) in [5.41, 5.74) is 0.920. The highest BCUT2D eigenvalue weighted by molar-refractivity contribution is 5.76. The third-order valence-electron chi connectivity index (χ3n) is 2.56. The zero-order valence-corrected chi connectivity index (χ0v) is 7.86. The minimum absolute atomic E-state index is 0.789. The quantitative estimate of drug-likeness (QED) is 0.802. The van der Waals surface area contributed by atoms with Gasteiger partial charge in [0.15, 0.2) is 0 Å². The number of nitrogens with zero attached hydrogens (tertiary/aromatic N) is 1. The zero-order valence-electron chi connectivity index (χ0n) is 7.86. The van der Waals surface area contributed by atoms with Gasteiger partial charge in [0, 0.05) is 11.6 Å². The lowest BCUT2D eigenvalue weighted by molar-refractivity contribution is 0.299. The summed E-state index contributed by atoms with van der Waals surface area (Å²) >= 11 is 0. The number of aromatic amines is 1. The summed E-state index contributed by atoms with van der Waals surface area (Å²) in [4.78, 5) is 7.32. The van der Waals surface area contributed by atoms with Gasteiger partial charge in [-0.05, 0) is 30.9 Å². The van der Waals surface area contributed by atoms with Crippen LogP contribution < -0.4 is 4.74 Å². The number of ether oxygens (including phenoxy) is 1. The second-order valence-electron chi connectivity index (χ2n) is 3.84. The molecular formula is C11H12N2O. The van der Waals surface area contributed by atoms with Crippen LogP contribution >= 0.6 is 0 Å². The molecule has 0 bridgehead atoms. The molecule has 0 atom stereocenters. The molecule has 0 radical (unpaired) electrons. The largest absolute Gasteiger partial charge is 0.492 e. The van der Waals surface area contributed by atoms with E-state index < -0.39 is 0 Å². The van der Waals surface area contributed by atoms with Gasteiger partial charge in [-0.3, -0.25) is 0 Å². The third-order valence-corrected chi connectivity index (χ3v) is 2.56. The Morgan fingerprint density at radius 2 is 2.43 bits per heavy atom. The maximum atomic E-state index is 5.63. The van der Waals surface area contributed by atoms with Crippen LogP contribution in [0.1, 0.15) is 12.8 Å². The van der Waals surface area contributed by atoms with E-state index in [9.17, 15) is 0 Å². The van der Waals surface area contributed by atoms with Gasteiger partial charge in [0.2, 0.25) is 0 Å². The first-order chi connectivity index (χ1) is 6.92. The van der Waals surface area contributed by atoms with E-state index in [1.54, 1.807) is 6.20 Å². The molecule has 1 fully saturated rings. The molecular weight excluding hydrogens is 176 g/mol. The summed E-state index contributed by atoms with van der Waals surface area (Å²) in [6.07, 6.45) is 6.31. The molecule has 0 unspecified atom stereocenters. The first kappa shape index (κ1) is 7.85. The van der Waals surface area contributed by atoms with Crippen molar-refractivity contribution in [2.24, 2.45) is 5.92 Å². The molecule has 0 saturated heterocycles. The molecule has 0 spiro atoms. The number of nitrogens with one attached hydrogen (secondary N) is 1. The number of rotatable bonds is 3. The smallest absolute Gasteiger partial charge is 0.138 e. The normalized spacial score (nSPS) is 16.0. The van der Waals surface area contributed by atoms with Crippen molar-refractivity contribution in [3.05, 3.63) is 24.5 Å². The fourth-order valence-electron chi connectivity index (χ4n) is 1.50. The van der Waals surface area contributed by atoms with Crippen LogP contribution in [0.4, 0.5) is 0 Å². The average Bonchev–Trinajstić information content (AvgIpc) is 2.92. The van der Waals surface area contributed by atoms with Crippen molar-refractivity contribution in [2.75, 3.05) is 6.61 Å². The van der Waals surface area contributed by atoms with E-state index in [4.69, 9.17) is 4.74 Å². The van der Waals surface area contributed by atoms with Crippen LogP contribution in [0.25, 0.3) is 11.0 Å². The third kappa shape index (κ3) is 1.45. The van der Waals surface area contributed by atoms with E-state index in [0.717, 1.165) is 29.3 Å². The molecule has 72 valence electrons. The van der Waals surface area contributed by atoms with Crippen LogP contribution in [-0.2, 0) is 0 Å². The van der Waals surface area contributed by atoms with Crippen LogP contribution in [-0.4, -0.2) is 16.6 Å². The fourth-order valence-corrected chi connectivity index (χ4v) is 1.50. The van der Waals surface area contributed by atoms with Gasteiger partial charge >= 0.3 is 0 Å². The molecule has 2 aromatic heterocycles. The Labute approximate surface area is 82.1 Å². The summed E-state index contributed by atoms with van der Waals surface area (Å²) in [6.45, 7) is 0.845. The minimum Gasteiger partial charge on any atom is -0.492 e. The van der Waals surface area contributed by atoms with Gasteiger partial charge in [-0.15, -0.1) is 0 Å². The monoisotopic (exact) mass is 188 g/mol. The lowest BCUT2D eigenvalue weighted by Gasteiger charge is -2.03. The molecule has 1 N–H and O–H groups in total.